The molecule has 1 aromatic carbocycles. The maximum absolute atomic E-state index is 5.95. The van der Waals surface area contributed by atoms with Crippen LogP contribution < -0.4 is 15.8 Å². The van der Waals surface area contributed by atoms with Gasteiger partial charge in [0.05, 0.1) is 11.8 Å². The van der Waals surface area contributed by atoms with Crippen molar-refractivity contribution >= 4 is 11.4 Å². The Morgan fingerprint density at radius 3 is 2.80 bits per heavy atom. The molecule has 1 fully saturated rings. The Morgan fingerprint density at radius 1 is 1.40 bits per heavy atom. The highest BCUT2D eigenvalue weighted by atomic mass is 16.5. The van der Waals surface area contributed by atoms with Crippen molar-refractivity contribution in [2.24, 2.45) is 0 Å². The molecule has 0 aromatic heterocycles. The molecule has 2 unspecified atom stereocenters. The van der Waals surface area contributed by atoms with Crippen LogP contribution in [0.25, 0.3) is 0 Å². The molecule has 1 aliphatic rings. The third-order valence-electron chi connectivity index (χ3n) is 3.96. The Labute approximate surface area is 122 Å². The summed E-state index contributed by atoms with van der Waals surface area (Å²) in [6.45, 7) is 7.45. The van der Waals surface area contributed by atoms with Crippen LogP contribution in [0.2, 0.25) is 0 Å². The summed E-state index contributed by atoms with van der Waals surface area (Å²) in [6.07, 6.45) is 2.48. The van der Waals surface area contributed by atoms with Gasteiger partial charge in [-0.25, -0.2) is 0 Å². The molecular weight excluding hydrogens is 250 g/mol. The number of rotatable bonds is 4. The average molecular weight is 277 g/mol. The molecular formula is C16H27N3O. The number of piperidine rings is 1. The average Bonchev–Trinajstić information content (AvgIpc) is 2.37. The van der Waals surface area contributed by atoms with Gasteiger partial charge in [0.2, 0.25) is 0 Å². The molecule has 1 aromatic rings. The van der Waals surface area contributed by atoms with Crippen LogP contribution in [0, 0.1) is 0 Å². The van der Waals surface area contributed by atoms with E-state index in [2.05, 4.69) is 24.2 Å². The lowest BCUT2D eigenvalue weighted by Crippen LogP contribution is -2.42. The molecule has 2 atom stereocenters. The van der Waals surface area contributed by atoms with Crippen LogP contribution in [-0.2, 0) is 0 Å². The zero-order valence-electron chi connectivity index (χ0n) is 13.0. The van der Waals surface area contributed by atoms with Gasteiger partial charge in [0, 0.05) is 30.4 Å². The number of nitrogens with zero attached hydrogens (tertiary/aromatic N) is 1. The number of anilines is 2. The summed E-state index contributed by atoms with van der Waals surface area (Å²) in [5.41, 5.74) is 7.74. The van der Waals surface area contributed by atoms with E-state index in [9.17, 15) is 0 Å². The number of nitrogen functional groups attached to an aromatic ring is 1. The quantitative estimate of drug-likeness (QED) is 0.831. The van der Waals surface area contributed by atoms with Crippen molar-refractivity contribution in [2.45, 2.75) is 51.8 Å². The predicted molar refractivity (Wildman–Crippen MR) is 85.4 cm³/mol. The van der Waals surface area contributed by atoms with E-state index in [1.807, 2.05) is 32.0 Å². The third-order valence-corrected chi connectivity index (χ3v) is 3.96. The van der Waals surface area contributed by atoms with E-state index in [-0.39, 0.29) is 6.10 Å². The van der Waals surface area contributed by atoms with Crippen molar-refractivity contribution < 1.29 is 4.74 Å². The molecule has 0 saturated carbocycles. The van der Waals surface area contributed by atoms with Crippen LogP contribution >= 0.6 is 0 Å². The Balaban J connectivity index is 2.02. The van der Waals surface area contributed by atoms with E-state index in [1.54, 1.807) is 0 Å². The van der Waals surface area contributed by atoms with Crippen LogP contribution in [0.1, 0.15) is 33.6 Å². The summed E-state index contributed by atoms with van der Waals surface area (Å²) in [6, 6.07) is 7.11. The normalized spacial score (nSPS) is 23.9. The van der Waals surface area contributed by atoms with Gasteiger partial charge >= 0.3 is 0 Å². The van der Waals surface area contributed by atoms with E-state index < -0.39 is 0 Å². The molecule has 3 N–H and O–H groups in total. The Kier molecular flexibility index (Phi) is 4.76. The minimum absolute atomic E-state index is 0.135. The number of benzene rings is 1. The largest absolute Gasteiger partial charge is 0.489 e. The van der Waals surface area contributed by atoms with Crippen molar-refractivity contribution in [3.8, 4) is 5.75 Å². The first-order valence-electron chi connectivity index (χ1n) is 7.48. The van der Waals surface area contributed by atoms with Crippen LogP contribution in [0.4, 0.5) is 11.4 Å². The smallest absolute Gasteiger partial charge is 0.144 e. The Hall–Kier alpha value is -1.42. The number of likely N-dealkylation sites (tertiary alicyclic amines) is 1. The fourth-order valence-corrected chi connectivity index (χ4v) is 2.64. The summed E-state index contributed by atoms with van der Waals surface area (Å²) >= 11 is 0. The van der Waals surface area contributed by atoms with Gasteiger partial charge in [-0.2, -0.15) is 0 Å². The molecule has 0 radical (unpaired) electrons. The van der Waals surface area contributed by atoms with Crippen molar-refractivity contribution in [3.05, 3.63) is 18.2 Å². The second-order valence-electron chi connectivity index (χ2n) is 6.11. The molecule has 4 nitrogen and oxygen atoms in total. The van der Waals surface area contributed by atoms with Gasteiger partial charge in [-0.05, 0) is 52.8 Å². The zero-order valence-corrected chi connectivity index (χ0v) is 13.0. The molecule has 0 aliphatic carbocycles. The van der Waals surface area contributed by atoms with Crippen molar-refractivity contribution in [3.63, 3.8) is 0 Å². The van der Waals surface area contributed by atoms with E-state index in [0.29, 0.717) is 17.8 Å². The molecule has 0 bridgehead atoms. The lowest BCUT2D eigenvalue weighted by molar-refractivity contribution is 0.190. The van der Waals surface area contributed by atoms with E-state index in [1.165, 1.54) is 12.8 Å². The van der Waals surface area contributed by atoms with Gasteiger partial charge in [0.15, 0.2) is 0 Å². The first-order valence-corrected chi connectivity index (χ1v) is 7.48. The fraction of sp³-hybridized carbons (Fsp3) is 0.625. The number of nitrogens with one attached hydrogen (secondary N) is 1. The summed E-state index contributed by atoms with van der Waals surface area (Å²) < 4.78 is 5.74. The number of hydrogen-bond donors (Lipinski definition) is 2. The molecule has 1 saturated heterocycles. The van der Waals surface area contributed by atoms with Gasteiger partial charge in [-0.3, -0.25) is 0 Å². The van der Waals surface area contributed by atoms with Crippen LogP contribution in [0.5, 0.6) is 5.75 Å². The standard InChI is InChI=1S/C16H27N3O/c1-11(2)20-16-10-13(5-6-15(16)17)18-14-7-8-19(4)12(3)9-14/h5-6,10-12,14,18H,7-9,17H2,1-4H3. The summed E-state index contributed by atoms with van der Waals surface area (Å²) in [5.74, 6) is 0.769. The molecule has 0 spiro atoms. The monoisotopic (exact) mass is 277 g/mol. The van der Waals surface area contributed by atoms with Gasteiger partial charge in [-0.15, -0.1) is 0 Å². The minimum atomic E-state index is 0.135. The second-order valence-corrected chi connectivity index (χ2v) is 6.11. The van der Waals surface area contributed by atoms with Gasteiger partial charge in [0.25, 0.3) is 0 Å². The lowest BCUT2D eigenvalue weighted by atomic mass is 9.98. The maximum Gasteiger partial charge on any atom is 0.144 e. The van der Waals surface area contributed by atoms with Crippen molar-refractivity contribution in [2.75, 3.05) is 24.6 Å². The SMILES string of the molecule is CC(C)Oc1cc(NC2CCN(C)C(C)C2)ccc1N. The van der Waals surface area contributed by atoms with Crippen LogP contribution in [-0.4, -0.2) is 36.7 Å². The van der Waals surface area contributed by atoms with E-state index in [0.717, 1.165) is 18.0 Å². The van der Waals surface area contributed by atoms with Gasteiger partial charge in [-0.1, -0.05) is 0 Å². The molecule has 4 heteroatoms. The van der Waals surface area contributed by atoms with Gasteiger partial charge < -0.3 is 20.7 Å². The molecule has 1 aliphatic heterocycles. The molecule has 20 heavy (non-hydrogen) atoms. The predicted octanol–water partition coefficient (Wildman–Crippen LogP) is 2.95. The Bertz CT molecular complexity index is 447. The summed E-state index contributed by atoms with van der Waals surface area (Å²) in [5, 5.41) is 3.61. The second kappa shape index (κ2) is 6.35. The molecule has 1 heterocycles. The van der Waals surface area contributed by atoms with Crippen LogP contribution in [0.3, 0.4) is 0 Å². The number of hydrogen-bond acceptors (Lipinski definition) is 4. The first-order chi connectivity index (χ1) is 9.45. The molecule has 0 amide bonds. The number of nitrogens with two attached hydrogens (primary N) is 1. The fourth-order valence-electron chi connectivity index (χ4n) is 2.64. The highest BCUT2D eigenvalue weighted by Gasteiger charge is 2.22. The topological polar surface area (TPSA) is 50.5 Å². The minimum Gasteiger partial charge on any atom is -0.489 e. The molecule has 2 rings (SSSR count). The molecule has 112 valence electrons. The maximum atomic E-state index is 5.95. The van der Waals surface area contributed by atoms with Crippen LogP contribution in [0.15, 0.2) is 18.2 Å². The van der Waals surface area contributed by atoms with Crippen molar-refractivity contribution in [1.82, 2.24) is 4.90 Å². The lowest BCUT2D eigenvalue weighted by Gasteiger charge is -2.35. The van der Waals surface area contributed by atoms with Gasteiger partial charge in [0.1, 0.15) is 5.75 Å². The summed E-state index contributed by atoms with van der Waals surface area (Å²) in [7, 11) is 2.19. The third kappa shape index (κ3) is 3.79. The highest BCUT2D eigenvalue weighted by Crippen LogP contribution is 2.28. The highest BCUT2D eigenvalue weighted by molar-refractivity contribution is 5.61. The zero-order chi connectivity index (χ0) is 14.7. The Morgan fingerprint density at radius 2 is 2.15 bits per heavy atom. The van der Waals surface area contributed by atoms with Crippen molar-refractivity contribution in [1.29, 1.82) is 0 Å². The summed E-state index contributed by atoms with van der Waals surface area (Å²) in [4.78, 5) is 2.41. The first kappa shape index (κ1) is 15.0. The number of ether oxygens (including phenoxy) is 1. The van der Waals surface area contributed by atoms with E-state index >= 15 is 0 Å². The van der Waals surface area contributed by atoms with E-state index in [4.69, 9.17) is 10.5 Å².